The Morgan fingerprint density at radius 2 is 1.77 bits per heavy atom. The van der Waals surface area contributed by atoms with E-state index >= 15 is 0 Å². The van der Waals surface area contributed by atoms with Crippen molar-refractivity contribution in [1.29, 1.82) is 0 Å². The highest BCUT2D eigenvalue weighted by molar-refractivity contribution is 5.94. The largest absolute Gasteiger partial charge is 0.385 e. The SMILES string of the molecule is COCCCNC(=O)c1ccc(-n2c(-c3ccccc3)cc3c2CCCCC3)cc1. The molecular weight excluding hydrogens is 372 g/mol. The van der Waals surface area contributed by atoms with Gasteiger partial charge in [-0.25, -0.2) is 0 Å². The molecule has 30 heavy (non-hydrogen) atoms. The molecule has 0 saturated carbocycles. The summed E-state index contributed by atoms with van der Waals surface area (Å²) in [7, 11) is 1.67. The fourth-order valence-corrected chi connectivity index (χ4v) is 4.27. The van der Waals surface area contributed by atoms with E-state index in [2.05, 4.69) is 58.4 Å². The molecule has 156 valence electrons. The Hall–Kier alpha value is -2.85. The molecule has 1 amide bonds. The lowest BCUT2D eigenvalue weighted by molar-refractivity contribution is 0.0948. The first kappa shape index (κ1) is 20.4. The molecule has 1 aliphatic rings. The van der Waals surface area contributed by atoms with Gasteiger partial charge in [0.05, 0.1) is 5.69 Å². The molecule has 1 aliphatic carbocycles. The highest BCUT2D eigenvalue weighted by Gasteiger charge is 2.19. The van der Waals surface area contributed by atoms with Gasteiger partial charge < -0.3 is 14.6 Å². The van der Waals surface area contributed by atoms with Crippen LogP contribution in [0.25, 0.3) is 16.9 Å². The molecule has 0 aliphatic heterocycles. The van der Waals surface area contributed by atoms with Crippen molar-refractivity contribution in [2.75, 3.05) is 20.3 Å². The molecule has 1 aromatic heterocycles. The van der Waals surface area contributed by atoms with Crippen LogP contribution in [-0.2, 0) is 17.6 Å². The van der Waals surface area contributed by atoms with E-state index in [1.54, 1.807) is 7.11 Å². The van der Waals surface area contributed by atoms with Crippen LogP contribution >= 0.6 is 0 Å². The summed E-state index contributed by atoms with van der Waals surface area (Å²) in [6.45, 7) is 1.28. The quantitative estimate of drug-likeness (QED) is 0.437. The summed E-state index contributed by atoms with van der Waals surface area (Å²) in [5.74, 6) is -0.0349. The number of rotatable bonds is 7. The summed E-state index contributed by atoms with van der Waals surface area (Å²) in [4.78, 5) is 12.4. The predicted octanol–water partition coefficient (Wildman–Crippen LogP) is 5.18. The van der Waals surface area contributed by atoms with Crippen molar-refractivity contribution >= 4 is 5.91 Å². The van der Waals surface area contributed by atoms with E-state index < -0.39 is 0 Å². The Balaban J connectivity index is 1.64. The maximum absolute atomic E-state index is 12.4. The molecule has 1 N–H and O–H groups in total. The number of nitrogens with zero attached hydrogens (tertiary/aromatic N) is 1. The van der Waals surface area contributed by atoms with Crippen molar-refractivity contribution in [1.82, 2.24) is 9.88 Å². The Morgan fingerprint density at radius 3 is 2.53 bits per heavy atom. The van der Waals surface area contributed by atoms with Gasteiger partial charge in [-0.2, -0.15) is 0 Å². The summed E-state index contributed by atoms with van der Waals surface area (Å²) >= 11 is 0. The highest BCUT2D eigenvalue weighted by atomic mass is 16.5. The Kier molecular flexibility index (Phi) is 6.65. The summed E-state index contributed by atoms with van der Waals surface area (Å²) < 4.78 is 7.43. The Morgan fingerprint density at radius 1 is 1.00 bits per heavy atom. The standard InChI is InChI=1S/C26H30N2O2/c1-30-18-8-17-27-26(29)21-13-15-23(16-14-21)28-24-12-7-3-6-11-22(24)19-25(28)20-9-4-2-5-10-20/h2,4-5,9-10,13-16,19H,3,6-8,11-12,17-18H2,1H3,(H,27,29). The number of aryl methyl sites for hydroxylation is 1. The number of ether oxygens (including phenoxy) is 1. The number of benzene rings is 2. The van der Waals surface area contributed by atoms with Gasteiger partial charge in [-0.15, -0.1) is 0 Å². The first-order chi connectivity index (χ1) is 14.8. The number of nitrogens with one attached hydrogen (secondary N) is 1. The van der Waals surface area contributed by atoms with Crippen molar-refractivity contribution < 1.29 is 9.53 Å². The predicted molar refractivity (Wildman–Crippen MR) is 121 cm³/mol. The summed E-state index contributed by atoms with van der Waals surface area (Å²) in [5.41, 5.74) is 7.16. The van der Waals surface area contributed by atoms with Crippen LogP contribution in [0.15, 0.2) is 60.7 Å². The molecule has 0 unspecified atom stereocenters. The third-order valence-electron chi connectivity index (χ3n) is 5.82. The second-order valence-electron chi connectivity index (χ2n) is 7.91. The van der Waals surface area contributed by atoms with Gasteiger partial charge in [0.15, 0.2) is 0 Å². The summed E-state index contributed by atoms with van der Waals surface area (Å²) in [6, 6.07) is 21.0. The van der Waals surface area contributed by atoms with Gasteiger partial charge in [-0.05, 0) is 73.6 Å². The maximum atomic E-state index is 12.4. The van der Waals surface area contributed by atoms with Gasteiger partial charge in [0.1, 0.15) is 0 Å². The van der Waals surface area contributed by atoms with Crippen molar-refractivity contribution in [2.24, 2.45) is 0 Å². The van der Waals surface area contributed by atoms with Gasteiger partial charge in [0.2, 0.25) is 0 Å². The van der Waals surface area contributed by atoms with Crippen molar-refractivity contribution in [3.05, 3.63) is 77.5 Å². The molecule has 4 heteroatoms. The molecule has 0 spiro atoms. The average molecular weight is 403 g/mol. The van der Waals surface area contributed by atoms with E-state index in [1.165, 1.54) is 41.8 Å². The minimum Gasteiger partial charge on any atom is -0.385 e. The van der Waals surface area contributed by atoms with Crippen molar-refractivity contribution in [3.8, 4) is 16.9 Å². The molecule has 0 radical (unpaired) electrons. The van der Waals surface area contributed by atoms with Crippen LogP contribution in [0.1, 0.15) is 47.3 Å². The fraction of sp³-hybridized carbons (Fsp3) is 0.346. The Labute approximate surface area is 178 Å². The van der Waals surface area contributed by atoms with E-state index in [4.69, 9.17) is 4.74 Å². The van der Waals surface area contributed by atoms with E-state index in [9.17, 15) is 4.79 Å². The average Bonchev–Trinajstić information content (AvgIpc) is 2.99. The smallest absolute Gasteiger partial charge is 0.251 e. The summed E-state index contributed by atoms with van der Waals surface area (Å²) in [6.07, 6.45) is 6.84. The third kappa shape index (κ3) is 4.49. The maximum Gasteiger partial charge on any atom is 0.251 e. The second kappa shape index (κ2) is 9.77. The van der Waals surface area contributed by atoms with E-state index in [1.807, 2.05) is 12.1 Å². The van der Waals surface area contributed by atoms with Crippen LogP contribution in [0, 0.1) is 0 Å². The second-order valence-corrected chi connectivity index (χ2v) is 7.91. The molecule has 0 fully saturated rings. The zero-order valence-corrected chi connectivity index (χ0v) is 17.7. The highest BCUT2D eigenvalue weighted by Crippen LogP contribution is 2.33. The molecule has 4 rings (SSSR count). The van der Waals surface area contributed by atoms with Crippen molar-refractivity contribution in [2.45, 2.75) is 38.5 Å². The number of hydrogen-bond acceptors (Lipinski definition) is 2. The molecule has 0 bridgehead atoms. The lowest BCUT2D eigenvalue weighted by Crippen LogP contribution is -2.25. The van der Waals surface area contributed by atoms with Crippen LogP contribution in [0.2, 0.25) is 0 Å². The number of hydrogen-bond donors (Lipinski definition) is 1. The molecule has 0 atom stereocenters. The zero-order chi connectivity index (χ0) is 20.8. The lowest BCUT2D eigenvalue weighted by atomic mass is 10.1. The number of aromatic nitrogens is 1. The first-order valence-electron chi connectivity index (χ1n) is 10.9. The number of carbonyl (C=O) groups is 1. The number of methoxy groups -OCH3 is 1. The van der Waals surface area contributed by atoms with Gasteiger partial charge in [0.25, 0.3) is 5.91 Å². The number of carbonyl (C=O) groups excluding carboxylic acids is 1. The minimum absolute atomic E-state index is 0.0349. The monoisotopic (exact) mass is 402 g/mol. The normalized spacial score (nSPS) is 13.5. The van der Waals surface area contributed by atoms with E-state index in [0.29, 0.717) is 18.7 Å². The summed E-state index contributed by atoms with van der Waals surface area (Å²) in [5, 5.41) is 2.96. The van der Waals surface area contributed by atoms with Gasteiger partial charge >= 0.3 is 0 Å². The van der Waals surface area contributed by atoms with Gasteiger partial charge in [-0.3, -0.25) is 4.79 Å². The van der Waals surface area contributed by atoms with Crippen LogP contribution in [0.4, 0.5) is 0 Å². The lowest BCUT2D eigenvalue weighted by Gasteiger charge is -2.15. The number of amides is 1. The molecular formula is C26H30N2O2. The van der Waals surface area contributed by atoms with E-state index in [0.717, 1.165) is 24.9 Å². The molecule has 2 aromatic carbocycles. The van der Waals surface area contributed by atoms with Crippen LogP contribution in [0.3, 0.4) is 0 Å². The van der Waals surface area contributed by atoms with Crippen LogP contribution in [0.5, 0.6) is 0 Å². The van der Waals surface area contributed by atoms with Crippen LogP contribution < -0.4 is 5.32 Å². The minimum atomic E-state index is -0.0349. The molecule has 1 heterocycles. The number of fused-ring (bicyclic) bond motifs is 1. The van der Waals surface area contributed by atoms with Crippen molar-refractivity contribution in [3.63, 3.8) is 0 Å². The topological polar surface area (TPSA) is 43.3 Å². The van der Waals surface area contributed by atoms with Crippen LogP contribution in [-0.4, -0.2) is 30.7 Å². The molecule has 4 nitrogen and oxygen atoms in total. The van der Waals surface area contributed by atoms with Gasteiger partial charge in [0, 0.05) is 37.2 Å². The van der Waals surface area contributed by atoms with E-state index in [-0.39, 0.29) is 5.91 Å². The van der Waals surface area contributed by atoms with Gasteiger partial charge in [-0.1, -0.05) is 36.8 Å². The fourth-order valence-electron chi connectivity index (χ4n) is 4.27. The zero-order valence-electron chi connectivity index (χ0n) is 17.7. The third-order valence-corrected chi connectivity index (χ3v) is 5.82. The molecule has 0 saturated heterocycles. The Bertz CT molecular complexity index is 974. The first-order valence-corrected chi connectivity index (χ1v) is 10.9. The molecule has 3 aromatic rings.